The molecule has 0 saturated carbocycles. The van der Waals surface area contributed by atoms with Crippen LogP contribution in [-0.2, 0) is 19.4 Å². The minimum absolute atomic E-state index is 0.136. The van der Waals surface area contributed by atoms with E-state index >= 15 is 0 Å². The summed E-state index contributed by atoms with van der Waals surface area (Å²) < 4.78 is 26.1. The third-order valence-electron chi connectivity index (χ3n) is 4.15. The van der Waals surface area contributed by atoms with E-state index in [2.05, 4.69) is 15.6 Å². The van der Waals surface area contributed by atoms with Crippen LogP contribution in [-0.4, -0.2) is 37.8 Å². The molecule has 0 bridgehead atoms. The summed E-state index contributed by atoms with van der Waals surface area (Å²) >= 11 is 0. The quantitative estimate of drug-likeness (QED) is 0.700. The smallest absolute Gasteiger partial charge is 0.309 e. The molecule has 0 unspecified atom stereocenters. The van der Waals surface area contributed by atoms with E-state index in [9.17, 15) is 18.0 Å². The molecule has 2 atom stereocenters. The molecule has 1 aromatic heterocycles. The molecular formula is C19H23N3O4S. The summed E-state index contributed by atoms with van der Waals surface area (Å²) in [5.74, 6) is -1.65. The van der Waals surface area contributed by atoms with Crippen LogP contribution in [0.15, 0.2) is 59.8 Å². The largest absolute Gasteiger partial charge is 0.346 e. The first-order chi connectivity index (χ1) is 12.9. The molecule has 2 rings (SSSR count). The molecule has 0 aliphatic heterocycles. The van der Waals surface area contributed by atoms with E-state index in [-0.39, 0.29) is 17.5 Å². The second-order valence-electron chi connectivity index (χ2n) is 6.13. The number of amides is 2. The van der Waals surface area contributed by atoms with Crippen molar-refractivity contribution in [3.63, 3.8) is 0 Å². The third-order valence-corrected chi connectivity index (χ3v) is 6.26. The van der Waals surface area contributed by atoms with Gasteiger partial charge in [0, 0.05) is 25.0 Å². The van der Waals surface area contributed by atoms with Gasteiger partial charge in [-0.1, -0.05) is 31.2 Å². The zero-order valence-corrected chi connectivity index (χ0v) is 16.1. The van der Waals surface area contributed by atoms with E-state index in [4.69, 9.17) is 0 Å². The Hall–Kier alpha value is -2.74. The predicted octanol–water partition coefficient (Wildman–Crippen LogP) is 1.63. The maximum Gasteiger partial charge on any atom is 0.309 e. The van der Waals surface area contributed by atoms with E-state index in [1.807, 2.05) is 6.92 Å². The summed E-state index contributed by atoms with van der Waals surface area (Å²) in [5, 5.41) is 3.92. The van der Waals surface area contributed by atoms with E-state index in [0.29, 0.717) is 12.0 Å². The number of carbonyl (C=O) groups excluding carboxylic acids is 2. The number of carbonyl (C=O) groups is 2. The van der Waals surface area contributed by atoms with Gasteiger partial charge in [-0.05, 0) is 37.1 Å². The number of aromatic nitrogens is 1. The summed E-state index contributed by atoms with van der Waals surface area (Å²) in [6.07, 6.45) is 3.66. The average molecular weight is 389 g/mol. The topological polar surface area (TPSA) is 105 Å². The molecule has 8 heteroatoms. The third kappa shape index (κ3) is 5.37. The van der Waals surface area contributed by atoms with Crippen molar-refractivity contribution >= 4 is 21.7 Å². The molecule has 2 amide bonds. The first kappa shape index (κ1) is 20.6. The lowest BCUT2D eigenvalue weighted by atomic mass is 10.2. The van der Waals surface area contributed by atoms with Gasteiger partial charge in [-0.3, -0.25) is 14.6 Å². The van der Waals surface area contributed by atoms with Crippen LogP contribution in [0.2, 0.25) is 0 Å². The maximum absolute atomic E-state index is 13.1. The van der Waals surface area contributed by atoms with Crippen LogP contribution in [0.4, 0.5) is 0 Å². The number of benzene rings is 1. The number of hydrogen-bond acceptors (Lipinski definition) is 5. The molecular weight excluding hydrogens is 366 g/mol. The first-order valence-electron chi connectivity index (χ1n) is 8.63. The Morgan fingerprint density at radius 2 is 1.78 bits per heavy atom. The van der Waals surface area contributed by atoms with Crippen LogP contribution < -0.4 is 10.6 Å². The minimum Gasteiger partial charge on any atom is -0.346 e. The van der Waals surface area contributed by atoms with Gasteiger partial charge < -0.3 is 10.6 Å². The number of nitrogens with one attached hydrogen (secondary N) is 2. The van der Waals surface area contributed by atoms with Crippen molar-refractivity contribution in [3.8, 4) is 0 Å². The lowest BCUT2D eigenvalue weighted by Gasteiger charge is -2.19. The van der Waals surface area contributed by atoms with Crippen molar-refractivity contribution in [2.45, 2.75) is 36.5 Å². The summed E-state index contributed by atoms with van der Waals surface area (Å²) in [6.45, 7) is 3.42. The van der Waals surface area contributed by atoms with Gasteiger partial charge >= 0.3 is 11.8 Å². The number of sulfone groups is 1. The van der Waals surface area contributed by atoms with E-state index in [1.54, 1.807) is 37.3 Å². The number of rotatable bonds is 7. The maximum atomic E-state index is 13.1. The lowest BCUT2D eigenvalue weighted by Crippen LogP contribution is -2.45. The second-order valence-corrected chi connectivity index (χ2v) is 8.26. The minimum atomic E-state index is -3.79. The van der Waals surface area contributed by atoms with Crippen molar-refractivity contribution in [2.75, 3.05) is 6.54 Å². The van der Waals surface area contributed by atoms with Gasteiger partial charge in [0.2, 0.25) is 0 Å². The SMILES string of the molecule is CC[C@@H](C)NC(=O)C(=O)NC[C@@H](c1cccnc1)S(=O)(=O)c1ccccc1. The molecule has 0 aliphatic rings. The highest BCUT2D eigenvalue weighted by Crippen LogP contribution is 2.27. The van der Waals surface area contributed by atoms with Crippen LogP contribution >= 0.6 is 0 Å². The summed E-state index contributed by atoms with van der Waals surface area (Å²) in [7, 11) is -3.79. The molecule has 1 heterocycles. The number of nitrogens with zero attached hydrogens (tertiary/aromatic N) is 1. The monoisotopic (exact) mass is 389 g/mol. The highest BCUT2D eigenvalue weighted by atomic mass is 32.2. The Morgan fingerprint density at radius 1 is 1.07 bits per heavy atom. The zero-order chi connectivity index (χ0) is 19.9. The Labute approximate surface area is 159 Å². The van der Waals surface area contributed by atoms with Crippen LogP contribution in [0.3, 0.4) is 0 Å². The second kappa shape index (κ2) is 9.27. The highest BCUT2D eigenvalue weighted by molar-refractivity contribution is 7.91. The molecule has 2 aromatic rings. The first-order valence-corrected chi connectivity index (χ1v) is 10.2. The summed E-state index contributed by atoms with van der Waals surface area (Å²) in [5.41, 5.74) is 0.434. The van der Waals surface area contributed by atoms with Gasteiger partial charge in [-0.15, -0.1) is 0 Å². The average Bonchev–Trinajstić information content (AvgIpc) is 2.69. The van der Waals surface area contributed by atoms with Crippen molar-refractivity contribution in [1.82, 2.24) is 15.6 Å². The van der Waals surface area contributed by atoms with Gasteiger partial charge in [0.25, 0.3) is 0 Å². The summed E-state index contributed by atoms with van der Waals surface area (Å²) in [4.78, 5) is 28.1. The Balaban J connectivity index is 2.23. The van der Waals surface area contributed by atoms with E-state index in [0.717, 1.165) is 0 Å². The van der Waals surface area contributed by atoms with Gasteiger partial charge in [0.15, 0.2) is 9.84 Å². The Morgan fingerprint density at radius 3 is 2.37 bits per heavy atom. The van der Waals surface area contributed by atoms with Crippen LogP contribution in [0.5, 0.6) is 0 Å². The van der Waals surface area contributed by atoms with Crippen LogP contribution in [0.25, 0.3) is 0 Å². The van der Waals surface area contributed by atoms with Crippen molar-refractivity contribution in [1.29, 1.82) is 0 Å². The molecule has 0 spiro atoms. The summed E-state index contributed by atoms with van der Waals surface area (Å²) in [6, 6.07) is 11.1. The molecule has 0 radical (unpaired) electrons. The van der Waals surface area contributed by atoms with Crippen LogP contribution in [0.1, 0.15) is 31.1 Å². The molecule has 1 aromatic carbocycles. The highest BCUT2D eigenvalue weighted by Gasteiger charge is 2.30. The van der Waals surface area contributed by atoms with Gasteiger partial charge in [-0.25, -0.2) is 8.42 Å². The van der Waals surface area contributed by atoms with Crippen LogP contribution in [0, 0.1) is 0 Å². The number of pyridine rings is 1. The molecule has 0 aliphatic carbocycles. The fourth-order valence-corrected chi connectivity index (χ4v) is 4.07. The molecule has 27 heavy (non-hydrogen) atoms. The van der Waals surface area contributed by atoms with E-state index < -0.39 is 26.9 Å². The van der Waals surface area contributed by atoms with Crippen molar-refractivity contribution < 1.29 is 18.0 Å². The Bertz CT molecular complexity index is 870. The van der Waals surface area contributed by atoms with Gasteiger partial charge in [-0.2, -0.15) is 0 Å². The van der Waals surface area contributed by atoms with Gasteiger partial charge in [0.05, 0.1) is 4.90 Å². The lowest BCUT2D eigenvalue weighted by molar-refractivity contribution is -0.139. The fourth-order valence-electron chi connectivity index (χ4n) is 2.40. The van der Waals surface area contributed by atoms with E-state index in [1.165, 1.54) is 24.5 Å². The molecule has 7 nitrogen and oxygen atoms in total. The molecule has 2 N–H and O–H groups in total. The Kier molecular flexibility index (Phi) is 7.06. The number of hydrogen-bond donors (Lipinski definition) is 2. The fraction of sp³-hybridized carbons (Fsp3) is 0.316. The molecule has 0 fully saturated rings. The predicted molar refractivity (Wildman–Crippen MR) is 102 cm³/mol. The normalized spacial score (nSPS) is 13.4. The molecule has 0 saturated heterocycles. The van der Waals surface area contributed by atoms with Gasteiger partial charge in [0.1, 0.15) is 5.25 Å². The van der Waals surface area contributed by atoms with Crippen molar-refractivity contribution in [3.05, 3.63) is 60.4 Å². The standard InChI is InChI=1S/C19H23N3O4S/c1-3-14(2)22-19(24)18(23)21-13-17(15-8-7-11-20-12-15)27(25,26)16-9-5-4-6-10-16/h4-12,14,17H,3,13H2,1-2H3,(H,21,23)(H,22,24)/t14-,17+/m1/s1. The zero-order valence-electron chi connectivity index (χ0n) is 15.3. The molecule has 144 valence electrons. The van der Waals surface area contributed by atoms with Crippen molar-refractivity contribution in [2.24, 2.45) is 0 Å².